The molecule has 0 amide bonds. The van der Waals surface area contributed by atoms with Crippen LogP contribution in [0.25, 0.3) is 0 Å². The second-order valence-electron chi connectivity index (χ2n) is 2.67. The first-order chi connectivity index (χ1) is 5.26. The molecule has 0 aromatic rings. The van der Waals surface area contributed by atoms with E-state index < -0.39 is 0 Å². The Morgan fingerprint density at radius 1 is 0.909 bits per heavy atom. The lowest BCUT2D eigenvalue weighted by Crippen LogP contribution is -2.59. The van der Waals surface area contributed by atoms with Crippen molar-refractivity contribution in [1.29, 1.82) is 0 Å². The Labute approximate surface area is 71.6 Å². The van der Waals surface area contributed by atoms with Gasteiger partial charge in [-0.2, -0.15) is 0 Å². The van der Waals surface area contributed by atoms with E-state index in [0.717, 1.165) is 13.1 Å². The molecule has 6 heteroatoms. The first-order valence-corrected chi connectivity index (χ1v) is 4.04. The topological polar surface area (TPSA) is 9.72 Å². The van der Waals surface area contributed by atoms with E-state index in [-0.39, 0.29) is 0 Å². The summed E-state index contributed by atoms with van der Waals surface area (Å²) in [7, 11) is 8.30. The molecule has 1 rings (SSSR count). The SMILES string of the molecule is CCN1[B]N(C)[B]N(CC)[B]1. The molecule has 0 unspecified atom stereocenters. The van der Waals surface area contributed by atoms with Gasteiger partial charge in [-0.15, -0.1) is 0 Å². The average molecular weight is 148 g/mol. The van der Waals surface area contributed by atoms with Gasteiger partial charge in [0, 0.05) is 0 Å². The minimum Gasteiger partial charge on any atom is -0.367 e. The molecule has 0 atom stereocenters. The minimum absolute atomic E-state index is 1.02. The Balaban J connectivity index is 2.37. The van der Waals surface area contributed by atoms with Gasteiger partial charge in [0.1, 0.15) is 0 Å². The molecule has 57 valence electrons. The molecule has 0 saturated carbocycles. The summed E-state index contributed by atoms with van der Waals surface area (Å²) in [6, 6.07) is 0. The monoisotopic (exact) mass is 148 g/mol. The molecule has 1 fully saturated rings. The van der Waals surface area contributed by atoms with E-state index >= 15 is 0 Å². The first-order valence-electron chi connectivity index (χ1n) is 4.04. The Hall–Kier alpha value is 0.0748. The lowest BCUT2D eigenvalue weighted by atomic mass is 9.75. The van der Waals surface area contributed by atoms with Crippen molar-refractivity contribution in [3.05, 3.63) is 0 Å². The first kappa shape index (κ1) is 9.17. The van der Waals surface area contributed by atoms with Crippen molar-refractivity contribution in [1.82, 2.24) is 14.2 Å². The summed E-state index contributed by atoms with van der Waals surface area (Å²) in [6.07, 6.45) is 0. The molecule has 0 aromatic carbocycles. The Morgan fingerprint density at radius 2 is 1.36 bits per heavy atom. The summed E-state index contributed by atoms with van der Waals surface area (Å²) in [5.74, 6) is 0. The van der Waals surface area contributed by atoms with Crippen LogP contribution in [0, 0.1) is 0 Å². The summed E-state index contributed by atoms with van der Waals surface area (Å²) in [4.78, 5) is 0. The van der Waals surface area contributed by atoms with Crippen LogP contribution in [0.3, 0.4) is 0 Å². The molecule has 0 N–H and O–H groups in total. The van der Waals surface area contributed by atoms with Crippen molar-refractivity contribution in [3.8, 4) is 0 Å². The summed E-state index contributed by atoms with van der Waals surface area (Å²) in [5, 5.41) is 0. The van der Waals surface area contributed by atoms with E-state index in [1.165, 1.54) is 0 Å². The lowest BCUT2D eigenvalue weighted by Gasteiger charge is -2.36. The third-order valence-corrected chi connectivity index (χ3v) is 1.69. The van der Waals surface area contributed by atoms with Gasteiger partial charge in [-0.3, -0.25) is 0 Å². The molecule has 0 aliphatic carbocycles. The standard InChI is InChI=1S/C5H13B3N3/c1-4-10-6-9(3)7-11(5-2)8-10/h4-5H2,1-3H3. The van der Waals surface area contributed by atoms with Gasteiger partial charge < -0.3 is 14.2 Å². The summed E-state index contributed by atoms with van der Waals surface area (Å²) < 4.78 is 6.38. The maximum Gasteiger partial charge on any atom is 0.290 e. The van der Waals surface area contributed by atoms with Crippen LogP contribution in [-0.4, -0.2) is 57.0 Å². The third-order valence-electron chi connectivity index (χ3n) is 1.69. The zero-order valence-electron chi connectivity index (χ0n) is 7.49. The Morgan fingerprint density at radius 3 is 1.73 bits per heavy atom. The van der Waals surface area contributed by atoms with Crippen molar-refractivity contribution in [2.24, 2.45) is 0 Å². The zero-order valence-corrected chi connectivity index (χ0v) is 7.49. The highest BCUT2D eigenvalue weighted by molar-refractivity contribution is 6.64. The molecule has 0 bridgehead atoms. The van der Waals surface area contributed by atoms with E-state index in [1.807, 2.05) is 7.05 Å². The molecule has 1 heterocycles. The predicted octanol–water partition coefficient (Wildman–Crippen LogP) is -0.822. The van der Waals surface area contributed by atoms with Crippen LogP contribution in [0.2, 0.25) is 0 Å². The second kappa shape index (κ2) is 4.19. The van der Waals surface area contributed by atoms with Crippen LogP contribution >= 0.6 is 0 Å². The molecule has 0 aromatic heterocycles. The van der Waals surface area contributed by atoms with Crippen molar-refractivity contribution < 1.29 is 0 Å². The van der Waals surface area contributed by atoms with E-state index in [2.05, 4.69) is 50.7 Å². The van der Waals surface area contributed by atoms with E-state index in [1.54, 1.807) is 0 Å². The Kier molecular flexibility index (Phi) is 3.49. The maximum atomic E-state index is 2.16. The van der Waals surface area contributed by atoms with Crippen LogP contribution in [0.4, 0.5) is 0 Å². The van der Waals surface area contributed by atoms with Gasteiger partial charge in [-0.1, -0.05) is 13.8 Å². The van der Waals surface area contributed by atoms with Gasteiger partial charge in [0.15, 0.2) is 0 Å². The molecular weight excluding hydrogens is 135 g/mol. The van der Waals surface area contributed by atoms with E-state index in [0.29, 0.717) is 0 Å². The van der Waals surface area contributed by atoms with Crippen molar-refractivity contribution in [3.63, 3.8) is 0 Å². The summed E-state index contributed by atoms with van der Waals surface area (Å²) in [5.41, 5.74) is 0. The van der Waals surface area contributed by atoms with Gasteiger partial charge in [-0.25, -0.2) is 0 Å². The third kappa shape index (κ3) is 2.54. The molecule has 1 aliphatic heterocycles. The van der Waals surface area contributed by atoms with Gasteiger partial charge >= 0.3 is 0 Å². The molecule has 11 heavy (non-hydrogen) atoms. The summed E-state index contributed by atoms with van der Waals surface area (Å²) >= 11 is 0. The molecular formula is C5H13B3N3. The highest BCUT2D eigenvalue weighted by Crippen LogP contribution is 1.97. The van der Waals surface area contributed by atoms with Crippen LogP contribution in [-0.2, 0) is 0 Å². The Bertz CT molecular complexity index is 112. The van der Waals surface area contributed by atoms with Crippen LogP contribution in [0.1, 0.15) is 13.8 Å². The zero-order chi connectivity index (χ0) is 8.27. The number of nitrogens with zero attached hydrogens (tertiary/aromatic N) is 3. The fraction of sp³-hybridized carbons (Fsp3) is 1.00. The van der Waals surface area contributed by atoms with Crippen molar-refractivity contribution >= 4 is 22.6 Å². The van der Waals surface area contributed by atoms with Gasteiger partial charge in [0.2, 0.25) is 0 Å². The quantitative estimate of drug-likeness (QED) is 0.473. The normalized spacial score (nSPS) is 22.1. The van der Waals surface area contributed by atoms with E-state index in [9.17, 15) is 0 Å². The lowest BCUT2D eigenvalue weighted by molar-refractivity contribution is 0.530. The minimum atomic E-state index is 1.02. The molecule has 1 saturated heterocycles. The second-order valence-corrected chi connectivity index (χ2v) is 2.67. The molecule has 0 spiro atoms. The van der Waals surface area contributed by atoms with Gasteiger partial charge in [0.05, 0.1) is 0 Å². The number of hydrogen-bond donors (Lipinski definition) is 0. The van der Waals surface area contributed by atoms with Gasteiger partial charge in [-0.05, 0) is 20.1 Å². The maximum absolute atomic E-state index is 2.16. The van der Waals surface area contributed by atoms with Gasteiger partial charge in [0.25, 0.3) is 22.6 Å². The largest absolute Gasteiger partial charge is 0.367 e. The van der Waals surface area contributed by atoms with Crippen molar-refractivity contribution in [2.75, 3.05) is 20.1 Å². The highest BCUT2D eigenvalue weighted by Gasteiger charge is 2.23. The van der Waals surface area contributed by atoms with Crippen LogP contribution in [0.15, 0.2) is 0 Å². The summed E-state index contributed by atoms with van der Waals surface area (Å²) in [6.45, 7) is 6.32. The molecule has 3 nitrogen and oxygen atoms in total. The fourth-order valence-electron chi connectivity index (χ4n) is 1.07. The molecule has 3 radical (unpaired) electrons. The smallest absolute Gasteiger partial charge is 0.290 e. The highest BCUT2D eigenvalue weighted by atomic mass is 15.2. The molecule has 1 aliphatic rings. The average Bonchev–Trinajstić information content (AvgIpc) is 2.03. The number of rotatable bonds is 2. The van der Waals surface area contributed by atoms with Crippen LogP contribution in [0.5, 0.6) is 0 Å². The van der Waals surface area contributed by atoms with Crippen LogP contribution < -0.4 is 0 Å². The number of hydrogen-bond acceptors (Lipinski definition) is 3. The predicted molar refractivity (Wildman–Crippen MR) is 49.8 cm³/mol. The fourth-order valence-corrected chi connectivity index (χ4v) is 1.07. The van der Waals surface area contributed by atoms with E-state index in [4.69, 9.17) is 0 Å². The van der Waals surface area contributed by atoms with Crippen molar-refractivity contribution in [2.45, 2.75) is 13.8 Å².